The molecular formula is C18H16O2S. The number of aliphatic hydroxyl groups excluding tert-OH is 1. The van der Waals surface area contributed by atoms with Crippen molar-refractivity contribution < 1.29 is 9.84 Å². The fraction of sp³-hybridized carbons (Fsp3) is 0.222. The van der Waals surface area contributed by atoms with Crippen LogP contribution < -0.4 is 4.74 Å². The molecule has 1 unspecified atom stereocenters. The molecule has 1 N–H and O–H groups in total. The van der Waals surface area contributed by atoms with Gasteiger partial charge in [-0.2, -0.15) is 0 Å². The molecule has 21 heavy (non-hydrogen) atoms. The van der Waals surface area contributed by atoms with Gasteiger partial charge in [0.2, 0.25) is 0 Å². The average molecular weight is 296 g/mol. The lowest BCUT2D eigenvalue weighted by molar-refractivity contribution is 0.180. The Balaban J connectivity index is 1.61. The van der Waals surface area contributed by atoms with E-state index < -0.39 is 0 Å². The average Bonchev–Trinajstić information content (AvgIpc) is 3.10. The molecule has 1 atom stereocenters. The van der Waals surface area contributed by atoms with Crippen LogP contribution in [-0.4, -0.2) is 5.11 Å². The highest BCUT2D eigenvalue weighted by Crippen LogP contribution is 2.37. The smallest absolute Gasteiger partial charge is 0.123 e. The van der Waals surface area contributed by atoms with Gasteiger partial charge in [-0.3, -0.25) is 0 Å². The molecule has 1 aliphatic carbocycles. The zero-order chi connectivity index (χ0) is 14.2. The molecule has 4 rings (SSSR count). The molecule has 0 saturated heterocycles. The normalized spacial score (nSPS) is 17.1. The highest BCUT2D eigenvalue weighted by atomic mass is 32.1. The van der Waals surface area contributed by atoms with Gasteiger partial charge in [-0.1, -0.05) is 30.3 Å². The molecule has 2 aromatic carbocycles. The predicted molar refractivity (Wildman–Crippen MR) is 85.9 cm³/mol. The molecule has 0 amide bonds. The van der Waals surface area contributed by atoms with Gasteiger partial charge >= 0.3 is 0 Å². The summed E-state index contributed by atoms with van der Waals surface area (Å²) in [5.41, 5.74) is 3.43. The van der Waals surface area contributed by atoms with Gasteiger partial charge in [0.1, 0.15) is 12.4 Å². The SMILES string of the molecule is OC1CCc2c(OCc3csc4ccccc34)cccc21. The maximum atomic E-state index is 9.95. The largest absolute Gasteiger partial charge is 0.489 e. The van der Waals surface area contributed by atoms with Crippen LogP contribution in [0.4, 0.5) is 0 Å². The molecule has 0 fully saturated rings. The van der Waals surface area contributed by atoms with Crippen molar-refractivity contribution in [3.8, 4) is 5.75 Å². The van der Waals surface area contributed by atoms with Crippen molar-refractivity contribution in [1.82, 2.24) is 0 Å². The zero-order valence-corrected chi connectivity index (χ0v) is 12.4. The molecule has 1 aliphatic rings. The predicted octanol–water partition coefficient (Wildman–Crippen LogP) is 4.46. The first-order chi connectivity index (χ1) is 10.3. The summed E-state index contributed by atoms with van der Waals surface area (Å²) in [6, 6.07) is 14.4. The first-order valence-corrected chi connectivity index (χ1v) is 8.08. The zero-order valence-electron chi connectivity index (χ0n) is 11.6. The van der Waals surface area contributed by atoms with Crippen molar-refractivity contribution >= 4 is 21.4 Å². The van der Waals surface area contributed by atoms with Gasteiger partial charge in [0.05, 0.1) is 6.10 Å². The van der Waals surface area contributed by atoms with Gasteiger partial charge in [-0.15, -0.1) is 11.3 Å². The van der Waals surface area contributed by atoms with Crippen LogP contribution in [0.5, 0.6) is 5.75 Å². The number of benzene rings is 2. The third-order valence-corrected chi connectivity index (χ3v) is 5.15. The summed E-state index contributed by atoms with van der Waals surface area (Å²) in [4.78, 5) is 0. The second kappa shape index (κ2) is 5.17. The van der Waals surface area contributed by atoms with Gasteiger partial charge in [0, 0.05) is 15.8 Å². The van der Waals surface area contributed by atoms with Gasteiger partial charge < -0.3 is 9.84 Å². The first kappa shape index (κ1) is 12.9. The quantitative estimate of drug-likeness (QED) is 0.773. The Morgan fingerprint density at radius 2 is 2.05 bits per heavy atom. The van der Waals surface area contributed by atoms with Crippen molar-refractivity contribution in [1.29, 1.82) is 0 Å². The number of rotatable bonds is 3. The van der Waals surface area contributed by atoms with Crippen molar-refractivity contribution in [2.24, 2.45) is 0 Å². The van der Waals surface area contributed by atoms with Crippen LogP contribution in [0.3, 0.4) is 0 Å². The summed E-state index contributed by atoms with van der Waals surface area (Å²) in [7, 11) is 0. The van der Waals surface area contributed by atoms with E-state index in [0.717, 1.165) is 24.2 Å². The van der Waals surface area contributed by atoms with Crippen LogP contribution >= 0.6 is 11.3 Å². The van der Waals surface area contributed by atoms with Gasteiger partial charge in [0.25, 0.3) is 0 Å². The van der Waals surface area contributed by atoms with Crippen LogP contribution in [0.1, 0.15) is 29.2 Å². The van der Waals surface area contributed by atoms with Crippen LogP contribution in [0, 0.1) is 0 Å². The Morgan fingerprint density at radius 3 is 3.00 bits per heavy atom. The molecule has 1 aromatic heterocycles. The molecule has 3 aromatic rings. The number of thiophene rings is 1. The molecule has 106 valence electrons. The van der Waals surface area contributed by atoms with Crippen LogP contribution in [0.15, 0.2) is 47.8 Å². The van der Waals surface area contributed by atoms with E-state index in [1.807, 2.05) is 18.2 Å². The highest BCUT2D eigenvalue weighted by Gasteiger charge is 2.23. The number of ether oxygens (including phenoxy) is 1. The van der Waals surface area contributed by atoms with Gasteiger partial charge in [0.15, 0.2) is 0 Å². The monoisotopic (exact) mass is 296 g/mol. The van der Waals surface area contributed by atoms with Crippen molar-refractivity contribution in [3.63, 3.8) is 0 Å². The third kappa shape index (κ3) is 2.23. The summed E-state index contributed by atoms with van der Waals surface area (Å²) in [6.07, 6.45) is 1.37. The number of aliphatic hydroxyl groups is 1. The summed E-state index contributed by atoms with van der Waals surface area (Å²) < 4.78 is 7.34. The second-order valence-electron chi connectivity index (χ2n) is 5.42. The number of fused-ring (bicyclic) bond motifs is 2. The molecule has 0 radical (unpaired) electrons. The van der Waals surface area contributed by atoms with E-state index in [0.29, 0.717) is 6.61 Å². The van der Waals surface area contributed by atoms with E-state index in [9.17, 15) is 5.11 Å². The molecular weight excluding hydrogens is 280 g/mol. The van der Waals surface area contributed by atoms with E-state index in [2.05, 4.69) is 29.6 Å². The van der Waals surface area contributed by atoms with Crippen LogP contribution in [-0.2, 0) is 13.0 Å². The van der Waals surface area contributed by atoms with E-state index in [4.69, 9.17) is 4.74 Å². The van der Waals surface area contributed by atoms with Crippen LogP contribution in [0.25, 0.3) is 10.1 Å². The van der Waals surface area contributed by atoms with Crippen molar-refractivity contribution in [3.05, 3.63) is 64.5 Å². The molecule has 3 heteroatoms. The fourth-order valence-corrected chi connectivity index (χ4v) is 3.98. The Bertz CT molecular complexity index is 791. The summed E-state index contributed by atoms with van der Waals surface area (Å²) >= 11 is 1.75. The summed E-state index contributed by atoms with van der Waals surface area (Å²) in [5, 5.41) is 13.4. The Kier molecular flexibility index (Phi) is 3.17. The summed E-state index contributed by atoms with van der Waals surface area (Å²) in [6.45, 7) is 0.580. The topological polar surface area (TPSA) is 29.5 Å². The first-order valence-electron chi connectivity index (χ1n) is 7.20. The van der Waals surface area contributed by atoms with Crippen molar-refractivity contribution in [2.75, 3.05) is 0 Å². The molecule has 2 nitrogen and oxygen atoms in total. The number of hydrogen-bond acceptors (Lipinski definition) is 3. The second-order valence-corrected chi connectivity index (χ2v) is 6.34. The van der Waals surface area contributed by atoms with Crippen LogP contribution in [0.2, 0.25) is 0 Å². The molecule has 1 heterocycles. The summed E-state index contributed by atoms with van der Waals surface area (Å²) in [5.74, 6) is 0.916. The van der Waals surface area contributed by atoms with E-state index in [-0.39, 0.29) is 6.10 Å². The molecule has 0 aliphatic heterocycles. The maximum Gasteiger partial charge on any atom is 0.123 e. The lowest BCUT2D eigenvalue weighted by Crippen LogP contribution is -1.98. The van der Waals surface area contributed by atoms with Gasteiger partial charge in [-0.25, -0.2) is 0 Å². The molecule has 0 saturated carbocycles. The molecule has 0 bridgehead atoms. The fourth-order valence-electron chi connectivity index (χ4n) is 3.03. The van der Waals surface area contributed by atoms with Crippen molar-refractivity contribution in [2.45, 2.75) is 25.6 Å². The third-order valence-electron chi connectivity index (χ3n) is 4.14. The van der Waals surface area contributed by atoms with Gasteiger partial charge in [-0.05, 0) is 41.3 Å². The van der Waals surface area contributed by atoms with E-state index >= 15 is 0 Å². The lowest BCUT2D eigenvalue weighted by Gasteiger charge is -2.11. The lowest BCUT2D eigenvalue weighted by atomic mass is 10.1. The molecule has 0 spiro atoms. The maximum absolute atomic E-state index is 9.95. The highest BCUT2D eigenvalue weighted by molar-refractivity contribution is 7.17. The minimum Gasteiger partial charge on any atom is -0.489 e. The Labute approximate surface area is 127 Å². The van der Waals surface area contributed by atoms with E-state index in [1.165, 1.54) is 21.2 Å². The number of hydrogen-bond donors (Lipinski definition) is 1. The Morgan fingerprint density at radius 1 is 1.14 bits per heavy atom. The minimum absolute atomic E-state index is 0.328. The van der Waals surface area contributed by atoms with E-state index in [1.54, 1.807) is 11.3 Å². The minimum atomic E-state index is -0.328. The standard InChI is InChI=1S/C18H16O2S/c19-16-9-8-15-14(16)5-3-6-17(15)20-10-12-11-21-18-7-2-1-4-13(12)18/h1-7,11,16,19H,8-10H2. The Hall–Kier alpha value is -1.84.